The molecule has 0 aliphatic carbocycles. The number of hydrogen-bond acceptors (Lipinski definition) is 3. The zero-order valence-corrected chi connectivity index (χ0v) is 8.49. The number of nitrogens with zero attached hydrogens (tertiary/aromatic N) is 1. The Bertz CT molecular complexity index is 382. The van der Waals surface area contributed by atoms with Crippen LogP contribution in [-0.2, 0) is 4.79 Å². The maximum Gasteiger partial charge on any atom is 0.225 e. The Balaban J connectivity index is 2.57. The maximum absolute atomic E-state index is 11.3. The van der Waals surface area contributed by atoms with Crippen LogP contribution in [0.5, 0.6) is 5.75 Å². The molecule has 1 aromatic rings. The summed E-state index contributed by atoms with van der Waals surface area (Å²) in [5.41, 5.74) is 0.678. The first-order chi connectivity index (χ1) is 7.26. The lowest BCUT2D eigenvalue weighted by Gasteiger charge is -2.05. The monoisotopic (exact) mass is 204 g/mol. The molecule has 0 spiro atoms. The van der Waals surface area contributed by atoms with E-state index in [2.05, 4.69) is 5.32 Å². The van der Waals surface area contributed by atoms with E-state index >= 15 is 0 Å². The molecule has 1 rings (SSSR count). The van der Waals surface area contributed by atoms with E-state index in [1.807, 2.05) is 6.07 Å². The SMILES string of the molecule is COc1cccc(NC(=O)CCC#N)c1. The largest absolute Gasteiger partial charge is 0.497 e. The summed E-state index contributed by atoms with van der Waals surface area (Å²) >= 11 is 0. The summed E-state index contributed by atoms with van der Waals surface area (Å²) in [7, 11) is 1.57. The third-order valence-electron chi connectivity index (χ3n) is 1.82. The summed E-state index contributed by atoms with van der Waals surface area (Å²) in [6.45, 7) is 0. The van der Waals surface area contributed by atoms with E-state index in [0.29, 0.717) is 11.4 Å². The Morgan fingerprint density at radius 2 is 2.40 bits per heavy atom. The topological polar surface area (TPSA) is 62.1 Å². The highest BCUT2D eigenvalue weighted by Crippen LogP contribution is 2.16. The molecule has 78 valence electrons. The van der Waals surface area contributed by atoms with Crippen LogP contribution in [-0.4, -0.2) is 13.0 Å². The summed E-state index contributed by atoms with van der Waals surface area (Å²) in [6.07, 6.45) is 0.448. The average molecular weight is 204 g/mol. The van der Waals surface area contributed by atoms with Crippen molar-refractivity contribution in [3.8, 4) is 11.8 Å². The number of amides is 1. The fourth-order valence-corrected chi connectivity index (χ4v) is 1.09. The van der Waals surface area contributed by atoms with Crippen LogP contribution in [0.15, 0.2) is 24.3 Å². The molecule has 0 atom stereocenters. The van der Waals surface area contributed by atoms with Crippen molar-refractivity contribution in [1.82, 2.24) is 0 Å². The Morgan fingerprint density at radius 3 is 3.07 bits per heavy atom. The number of methoxy groups -OCH3 is 1. The highest BCUT2D eigenvalue weighted by Gasteiger charge is 2.02. The van der Waals surface area contributed by atoms with Crippen LogP contribution in [0.1, 0.15) is 12.8 Å². The van der Waals surface area contributed by atoms with E-state index in [9.17, 15) is 4.79 Å². The van der Waals surface area contributed by atoms with Crippen molar-refractivity contribution in [3.05, 3.63) is 24.3 Å². The molecular weight excluding hydrogens is 192 g/mol. The molecule has 0 aromatic heterocycles. The molecule has 4 nitrogen and oxygen atoms in total. The molecule has 0 heterocycles. The summed E-state index contributed by atoms with van der Waals surface area (Å²) in [6, 6.07) is 9.01. The second kappa shape index (κ2) is 5.66. The third-order valence-corrected chi connectivity index (χ3v) is 1.82. The highest BCUT2D eigenvalue weighted by molar-refractivity contribution is 5.90. The lowest BCUT2D eigenvalue weighted by atomic mass is 10.2. The van der Waals surface area contributed by atoms with Gasteiger partial charge in [-0.15, -0.1) is 0 Å². The Kier molecular flexibility index (Phi) is 4.17. The second-order valence-corrected chi connectivity index (χ2v) is 2.94. The van der Waals surface area contributed by atoms with Crippen molar-refractivity contribution in [3.63, 3.8) is 0 Å². The Hall–Kier alpha value is -2.02. The molecular formula is C11H12N2O2. The first kappa shape index (κ1) is 11.1. The van der Waals surface area contributed by atoms with Crippen LogP contribution in [0.3, 0.4) is 0 Å². The molecule has 0 bridgehead atoms. The number of anilines is 1. The maximum atomic E-state index is 11.3. The molecule has 1 aromatic carbocycles. The molecule has 0 aliphatic heterocycles. The minimum atomic E-state index is -0.162. The predicted molar refractivity (Wildman–Crippen MR) is 56.5 cm³/mol. The smallest absolute Gasteiger partial charge is 0.225 e. The van der Waals surface area contributed by atoms with Gasteiger partial charge in [-0.3, -0.25) is 4.79 Å². The molecule has 0 fully saturated rings. The fraction of sp³-hybridized carbons (Fsp3) is 0.273. The number of carbonyl (C=O) groups is 1. The lowest BCUT2D eigenvalue weighted by molar-refractivity contribution is -0.116. The predicted octanol–water partition coefficient (Wildman–Crippen LogP) is 1.94. The van der Waals surface area contributed by atoms with Crippen LogP contribution >= 0.6 is 0 Å². The molecule has 0 aliphatic rings. The second-order valence-electron chi connectivity index (χ2n) is 2.94. The number of ether oxygens (including phenoxy) is 1. The van der Waals surface area contributed by atoms with Gasteiger partial charge in [0.1, 0.15) is 5.75 Å². The minimum Gasteiger partial charge on any atom is -0.497 e. The third kappa shape index (κ3) is 3.69. The van der Waals surface area contributed by atoms with Gasteiger partial charge in [-0.1, -0.05) is 6.07 Å². The lowest BCUT2D eigenvalue weighted by Crippen LogP contribution is -2.10. The van der Waals surface area contributed by atoms with Crippen LogP contribution in [0.4, 0.5) is 5.69 Å². The standard InChI is InChI=1S/C11H12N2O2/c1-15-10-5-2-4-9(8-10)13-11(14)6-3-7-12/h2,4-5,8H,3,6H2,1H3,(H,13,14). The zero-order chi connectivity index (χ0) is 11.1. The van der Waals surface area contributed by atoms with Crippen molar-refractivity contribution in [1.29, 1.82) is 5.26 Å². The normalized spacial score (nSPS) is 9.07. The molecule has 1 N–H and O–H groups in total. The van der Waals surface area contributed by atoms with E-state index in [0.717, 1.165) is 0 Å². The van der Waals surface area contributed by atoms with Crippen molar-refractivity contribution in [2.24, 2.45) is 0 Å². The zero-order valence-electron chi connectivity index (χ0n) is 8.49. The van der Waals surface area contributed by atoms with Crippen molar-refractivity contribution < 1.29 is 9.53 Å². The number of nitriles is 1. The van der Waals surface area contributed by atoms with Gasteiger partial charge in [0.25, 0.3) is 0 Å². The van der Waals surface area contributed by atoms with E-state index in [4.69, 9.17) is 10.00 Å². The Morgan fingerprint density at radius 1 is 1.60 bits per heavy atom. The molecule has 0 unspecified atom stereocenters. The van der Waals surface area contributed by atoms with Gasteiger partial charge in [0.05, 0.1) is 13.2 Å². The minimum absolute atomic E-state index is 0.162. The van der Waals surface area contributed by atoms with E-state index in [1.54, 1.807) is 31.4 Å². The van der Waals surface area contributed by atoms with Gasteiger partial charge >= 0.3 is 0 Å². The number of nitrogens with one attached hydrogen (secondary N) is 1. The molecule has 0 saturated carbocycles. The number of hydrogen-bond donors (Lipinski definition) is 1. The molecule has 1 amide bonds. The van der Waals surface area contributed by atoms with Crippen LogP contribution in [0.2, 0.25) is 0 Å². The van der Waals surface area contributed by atoms with Crippen LogP contribution in [0.25, 0.3) is 0 Å². The summed E-state index contributed by atoms with van der Waals surface area (Å²) in [5, 5.41) is 11.0. The molecule has 15 heavy (non-hydrogen) atoms. The van der Waals surface area contributed by atoms with Crippen molar-refractivity contribution in [2.45, 2.75) is 12.8 Å². The van der Waals surface area contributed by atoms with E-state index in [1.165, 1.54) is 0 Å². The quantitative estimate of drug-likeness (QED) is 0.815. The summed E-state index contributed by atoms with van der Waals surface area (Å²) in [5.74, 6) is 0.526. The number of carbonyl (C=O) groups excluding carboxylic acids is 1. The highest BCUT2D eigenvalue weighted by atomic mass is 16.5. The van der Waals surface area contributed by atoms with E-state index in [-0.39, 0.29) is 18.7 Å². The van der Waals surface area contributed by atoms with E-state index < -0.39 is 0 Å². The van der Waals surface area contributed by atoms with Crippen LogP contribution in [0, 0.1) is 11.3 Å². The van der Waals surface area contributed by atoms with Gasteiger partial charge in [-0.05, 0) is 12.1 Å². The van der Waals surface area contributed by atoms with Gasteiger partial charge in [-0.25, -0.2) is 0 Å². The van der Waals surface area contributed by atoms with Crippen molar-refractivity contribution >= 4 is 11.6 Å². The van der Waals surface area contributed by atoms with Crippen molar-refractivity contribution in [2.75, 3.05) is 12.4 Å². The first-order valence-corrected chi connectivity index (χ1v) is 4.57. The first-order valence-electron chi connectivity index (χ1n) is 4.57. The molecule has 0 saturated heterocycles. The van der Waals surface area contributed by atoms with Gasteiger partial charge in [0, 0.05) is 24.6 Å². The number of rotatable bonds is 4. The van der Waals surface area contributed by atoms with Gasteiger partial charge in [0.2, 0.25) is 5.91 Å². The molecule has 0 radical (unpaired) electrons. The van der Waals surface area contributed by atoms with Gasteiger partial charge < -0.3 is 10.1 Å². The van der Waals surface area contributed by atoms with Gasteiger partial charge in [0.15, 0.2) is 0 Å². The summed E-state index contributed by atoms with van der Waals surface area (Å²) in [4.78, 5) is 11.3. The summed E-state index contributed by atoms with van der Waals surface area (Å²) < 4.78 is 5.01. The Labute approximate surface area is 88.5 Å². The number of benzene rings is 1. The fourth-order valence-electron chi connectivity index (χ4n) is 1.09. The van der Waals surface area contributed by atoms with Gasteiger partial charge in [-0.2, -0.15) is 5.26 Å². The van der Waals surface area contributed by atoms with Crippen LogP contribution < -0.4 is 10.1 Å². The average Bonchev–Trinajstić information content (AvgIpc) is 2.26. The molecule has 4 heteroatoms.